The molecule has 0 radical (unpaired) electrons. The maximum atomic E-state index is 5.92. The molecule has 0 saturated carbocycles. The SMILES string of the molecule is Clc1ccc(OCCn2c(CN3CCCC3)nc3ccccc32)cc1. The molecule has 2 heterocycles. The van der Waals surface area contributed by atoms with Crippen LogP contribution in [0.5, 0.6) is 5.75 Å². The maximum absolute atomic E-state index is 5.92. The van der Waals surface area contributed by atoms with Gasteiger partial charge in [-0.1, -0.05) is 23.7 Å². The van der Waals surface area contributed by atoms with Crippen LogP contribution in [0.15, 0.2) is 48.5 Å². The first-order valence-electron chi connectivity index (χ1n) is 8.84. The van der Waals surface area contributed by atoms with Gasteiger partial charge in [0.2, 0.25) is 0 Å². The molecular formula is C20H22ClN3O. The fourth-order valence-electron chi connectivity index (χ4n) is 3.42. The van der Waals surface area contributed by atoms with E-state index in [2.05, 4.69) is 27.7 Å². The summed E-state index contributed by atoms with van der Waals surface area (Å²) < 4.78 is 8.18. The molecular weight excluding hydrogens is 334 g/mol. The summed E-state index contributed by atoms with van der Waals surface area (Å²) in [5, 5.41) is 0.723. The van der Waals surface area contributed by atoms with Gasteiger partial charge in [-0.3, -0.25) is 4.90 Å². The number of ether oxygens (including phenoxy) is 1. The third kappa shape index (κ3) is 3.80. The molecule has 1 aliphatic rings. The normalized spacial score (nSPS) is 15.1. The van der Waals surface area contributed by atoms with Crippen LogP contribution in [-0.4, -0.2) is 34.1 Å². The molecule has 5 heteroatoms. The maximum Gasteiger partial charge on any atom is 0.124 e. The fourth-order valence-corrected chi connectivity index (χ4v) is 3.55. The second-order valence-corrected chi connectivity index (χ2v) is 6.89. The number of rotatable bonds is 6. The zero-order chi connectivity index (χ0) is 17.1. The first-order chi connectivity index (χ1) is 12.3. The van der Waals surface area contributed by atoms with Crippen molar-refractivity contribution in [3.63, 3.8) is 0 Å². The number of fused-ring (bicyclic) bond motifs is 1. The highest BCUT2D eigenvalue weighted by Crippen LogP contribution is 2.20. The molecule has 0 unspecified atom stereocenters. The summed E-state index contributed by atoms with van der Waals surface area (Å²) >= 11 is 5.92. The van der Waals surface area contributed by atoms with Crippen LogP contribution in [0.3, 0.4) is 0 Å². The molecule has 0 amide bonds. The van der Waals surface area contributed by atoms with Gasteiger partial charge in [-0.2, -0.15) is 0 Å². The van der Waals surface area contributed by atoms with Crippen LogP contribution >= 0.6 is 11.6 Å². The van der Waals surface area contributed by atoms with E-state index in [1.807, 2.05) is 30.3 Å². The van der Waals surface area contributed by atoms with E-state index in [-0.39, 0.29) is 0 Å². The minimum absolute atomic E-state index is 0.606. The van der Waals surface area contributed by atoms with Crippen LogP contribution in [0, 0.1) is 0 Å². The lowest BCUT2D eigenvalue weighted by molar-refractivity contribution is 0.285. The van der Waals surface area contributed by atoms with Gasteiger partial charge < -0.3 is 9.30 Å². The van der Waals surface area contributed by atoms with E-state index in [9.17, 15) is 0 Å². The smallest absolute Gasteiger partial charge is 0.124 e. The topological polar surface area (TPSA) is 30.3 Å². The summed E-state index contributed by atoms with van der Waals surface area (Å²) in [6.45, 7) is 4.64. The Labute approximate surface area is 153 Å². The molecule has 130 valence electrons. The minimum atomic E-state index is 0.606. The molecule has 1 fully saturated rings. The third-order valence-corrected chi connectivity index (χ3v) is 4.95. The van der Waals surface area contributed by atoms with Gasteiger partial charge in [0.15, 0.2) is 0 Å². The van der Waals surface area contributed by atoms with Crippen molar-refractivity contribution >= 4 is 22.6 Å². The first-order valence-corrected chi connectivity index (χ1v) is 9.22. The highest BCUT2D eigenvalue weighted by Gasteiger charge is 2.17. The van der Waals surface area contributed by atoms with Crippen molar-refractivity contribution in [2.75, 3.05) is 19.7 Å². The molecule has 0 bridgehead atoms. The first kappa shape index (κ1) is 16.4. The van der Waals surface area contributed by atoms with E-state index in [4.69, 9.17) is 21.3 Å². The Morgan fingerprint density at radius 3 is 2.56 bits per heavy atom. The number of aromatic nitrogens is 2. The van der Waals surface area contributed by atoms with Crippen LogP contribution in [0.1, 0.15) is 18.7 Å². The quantitative estimate of drug-likeness (QED) is 0.658. The summed E-state index contributed by atoms with van der Waals surface area (Å²) in [5.74, 6) is 1.97. The zero-order valence-corrected chi connectivity index (χ0v) is 15.0. The fraction of sp³-hybridized carbons (Fsp3) is 0.350. The van der Waals surface area contributed by atoms with Crippen molar-refractivity contribution in [1.82, 2.24) is 14.5 Å². The Bertz CT molecular complexity index is 838. The van der Waals surface area contributed by atoms with Crippen molar-refractivity contribution in [2.24, 2.45) is 0 Å². The predicted octanol–water partition coefficient (Wildman–Crippen LogP) is 4.36. The standard InChI is InChI=1S/C20H22ClN3O/c21-16-7-9-17(10-8-16)25-14-13-24-19-6-2-1-5-18(19)22-20(24)15-23-11-3-4-12-23/h1-2,5-10H,3-4,11-15H2. The Morgan fingerprint density at radius 2 is 1.76 bits per heavy atom. The van der Waals surface area contributed by atoms with Gasteiger partial charge in [0.25, 0.3) is 0 Å². The van der Waals surface area contributed by atoms with Gasteiger partial charge in [0.1, 0.15) is 18.2 Å². The van der Waals surface area contributed by atoms with Crippen LogP contribution in [0.2, 0.25) is 5.02 Å². The lowest BCUT2D eigenvalue weighted by Gasteiger charge is -2.16. The van der Waals surface area contributed by atoms with Gasteiger partial charge >= 0.3 is 0 Å². The summed E-state index contributed by atoms with van der Waals surface area (Å²) in [7, 11) is 0. The van der Waals surface area contributed by atoms with Crippen molar-refractivity contribution in [1.29, 1.82) is 0 Å². The molecule has 0 aliphatic carbocycles. The Balaban J connectivity index is 1.51. The number of benzene rings is 2. The molecule has 3 aromatic rings. The highest BCUT2D eigenvalue weighted by molar-refractivity contribution is 6.30. The Hall–Kier alpha value is -2.04. The molecule has 25 heavy (non-hydrogen) atoms. The monoisotopic (exact) mass is 355 g/mol. The summed E-state index contributed by atoms with van der Waals surface area (Å²) in [4.78, 5) is 7.35. The second-order valence-electron chi connectivity index (χ2n) is 6.45. The van der Waals surface area contributed by atoms with E-state index in [1.165, 1.54) is 31.4 Å². The molecule has 1 saturated heterocycles. The number of hydrogen-bond donors (Lipinski definition) is 0. The minimum Gasteiger partial charge on any atom is -0.492 e. The number of likely N-dealkylation sites (tertiary alicyclic amines) is 1. The molecule has 1 aliphatic heterocycles. The second kappa shape index (κ2) is 7.46. The van der Waals surface area contributed by atoms with Crippen LogP contribution in [0.25, 0.3) is 11.0 Å². The Morgan fingerprint density at radius 1 is 1.00 bits per heavy atom. The number of nitrogens with zero attached hydrogens (tertiary/aromatic N) is 3. The molecule has 4 rings (SSSR count). The van der Waals surface area contributed by atoms with E-state index in [0.29, 0.717) is 6.61 Å². The van der Waals surface area contributed by atoms with Gasteiger partial charge in [-0.05, 0) is 62.3 Å². The number of imidazole rings is 1. The van der Waals surface area contributed by atoms with Crippen molar-refractivity contribution in [3.8, 4) is 5.75 Å². The number of hydrogen-bond acceptors (Lipinski definition) is 3. The van der Waals surface area contributed by atoms with E-state index < -0.39 is 0 Å². The Kier molecular flexibility index (Phi) is 4.90. The van der Waals surface area contributed by atoms with Gasteiger partial charge in [-0.15, -0.1) is 0 Å². The lowest BCUT2D eigenvalue weighted by atomic mass is 10.3. The van der Waals surface area contributed by atoms with E-state index in [1.54, 1.807) is 0 Å². The average Bonchev–Trinajstić information content (AvgIpc) is 3.25. The summed E-state index contributed by atoms with van der Waals surface area (Å²) in [6, 6.07) is 15.8. The highest BCUT2D eigenvalue weighted by atomic mass is 35.5. The zero-order valence-electron chi connectivity index (χ0n) is 14.2. The largest absolute Gasteiger partial charge is 0.492 e. The van der Waals surface area contributed by atoms with Crippen LogP contribution in [-0.2, 0) is 13.1 Å². The van der Waals surface area contributed by atoms with Gasteiger partial charge in [0, 0.05) is 5.02 Å². The van der Waals surface area contributed by atoms with Crippen molar-refractivity contribution < 1.29 is 4.74 Å². The third-order valence-electron chi connectivity index (χ3n) is 4.69. The van der Waals surface area contributed by atoms with Gasteiger partial charge in [0.05, 0.1) is 24.1 Å². The average molecular weight is 356 g/mol. The molecule has 0 atom stereocenters. The summed E-state index contributed by atoms with van der Waals surface area (Å²) in [6.07, 6.45) is 2.58. The van der Waals surface area contributed by atoms with Crippen LogP contribution in [0.4, 0.5) is 0 Å². The summed E-state index contributed by atoms with van der Waals surface area (Å²) in [5.41, 5.74) is 2.24. The molecule has 0 N–H and O–H groups in total. The predicted molar refractivity (Wildman–Crippen MR) is 101 cm³/mol. The molecule has 4 nitrogen and oxygen atoms in total. The molecule has 0 spiro atoms. The molecule has 2 aromatic carbocycles. The van der Waals surface area contributed by atoms with Gasteiger partial charge in [-0.25, -0.2) is 4.98 Å². The van der Waals surface area contributed by atoms with Crippen molar-refractivity contribution in [2.45, 2.75) is 25.9 Å². The lowest BCUT2D eigenvalue weighted by Crippen LogP contribution is -2.22. The van der Waals surface area contributed by atoms with Crippen molar-refractivity contribution in [3.05, 3.63) is 59.4 Å². The number of para-hydroxylation sites is 2. The van der Waals surface area contributed by atoms with Crippen LogP contribution < -0.4 is 4.74 Å². The van der Waals surface area contributed by atoms with E-state index >= 15 is 0 Å². The molecule has 1 aromatic heterocycles. The number of halogens is 1. The van der Waals surface area contributed by atoms with E-state index in [0.717, 1.165) is 35.2 Å².